The van der Waals surface area contributed by atoms with E-state index in [1.54, 1.807) is 7.11 Å². The summed E-state index contributed by atoms with van der Waals surface area (Å²) in [6.07, 6.45) is 5.29. The van der Waals surface area contributed by atoms with Crippen molar-refractivity contribution in [3.63, 3.8) is 0 Å². The third-order valence-corrected chi connectivity index (χ3v) is 4.15. The van der Waals surface area contributed by atoms with Crippen LogP contribution in [-0.2, 0) is 6.54 Å². The second-order valence-electron chi connectivity index (χ2n) is 5.98. The van der Waals surface area contributed by atoms with Crippen molar-refractivity contribution in [2.45, 2.75) is 51.2 Å². The number of nitrogens with one attached hydrogen (secondary N) is 1. The summed E-state index contributed by atoms with van der Waals surface area (Å²) in [5, 5.41) is 3.58. The number of benzene rings is 1. The van der Waals surface area contributed by atoms with Gasteiger partial charge in [-0.25, -0.2) is 0 Å². The third-order valence-electron chi connectivity index (χ3n) is 4.15. The molecule has 1 aromatic carbocycles. The molecule has 20 heavy (non-hydrogen) atoms. The van der Waals surface area contributed by atoms with Gasteiger partial charge >= 0.3 is 0 Å². The standard InChI is InChI=1S/C17H28N2O/c1-14(5-4-12-18-16-8-9-16)19(2)13-15-6-10-17(20-3)11-7-15/h6-7,10-11,14,16,18H,4-5,8-9,12-13H2,1-3H3. The molecule has 3 heteroatoms. The van der Waals surface area contributed by atoms with E-state index >= 15 is 0 Å². The molecule has 0 spiro atoms. The Morgan fingerprint density at radius 3 is 2.60 bits per heavy atom. The van der Waals surface area contributed by atoms with Gasteiger partial charge in [-0.1, -0.05) is 12.1 Å². The quantitative estimate of drug-likeness (QED) is 0.702. The smallest absolute Gasteiger partial charge is 0.118 e. The van der Waals surface area contributed by atoms with Gasteiger partial charge in [0.25, 0.3) is 0 Å². The van der Waals surface area contributed by atoms with Gasteiger partial charge in [-0.05, 0) is 63.9 Å². The van der Waals surface area contributed by atoms with Crippen LogP contribution in [0.25, 0.3) is 0 Å². The lowest BCUT2D eigenvalue weighted by molar-refractivity contribution is 0.234. The molecular weight excluding hydrogens is 248 g/mol. The highest BCUT2D eigenvalue weighted by Crippen LogP contribution is 2.19. The number of nitrogens with zero attached hydrogens (tertiary/aromatic N) is 1. The van der Waals surface area contributed by atoms with Crippen LogP contribution in [0.3, 0.4) is 0 Å². The number of hydrogen-bond acceptors (Lipinski definition) is 3. The minimum absolute atomic E-state index is 0.623. The highest BCUT2D eigenvalue weighted by molar-refractivity contribution is 5.27. The molecule has 0 saturated heterocycles. The molecule has 1 aliphatic rings. The molecule has 0 bridgehead atoms. The number of ether oxygens (including phenoxy) is 1. The van der Waals surface area contributed by atoms with Crippen molar-refractivity contribution in [1.82, 2.24) is 10.2 Å². The number of methoxy groups -OCH3 is 1. The fourth-order valence-electron chi connectivity index (χ4n) is 2.39. The first-order chi connectivity index (χ1) is 9.69. The summed E-state index contributed by atoms with van der Waals surface area (Å²) in [5.74, 6) is 0.926. The van der Waals surface area contributed by atoms with Gasteiger partial charge in [-0.2, -0.15) is 0 Å². The van der Waals surface area contributed by atoms with E-state index in [1.165, 1.54) is 37.8 Å². The van der Waals surface area contributed by atoms with Crippen molar-refractivity contribution in [1.29, 1.82) is 0 Å². The van der Waals surface area contributed by atoms with Crippen molar-refractivity contribution in [3.05, 3.63) is 29.8 Å². The first-order valence-corrected chi connectivity index (χ1v) is 7.75. The average Bonchev–Trinajstić information content (AvgIpc) is 3.28. The summed E-state index contributed by atoms with van der Waals surface area (Å²) in [6, 6.07) is 9.83. The molecule has 112 valence electrons. The highest BCUT2D eigenvalue weighted by atomic mass is 16.5. The molecule has 1 fully saturated rings. The van der Waals surface area contributed by atoms with Gasteiger partial charge in [0.15, 0.2) is 0 Å². The van der Waals surface area contributed by atoms with E-state index < -0.39 is 0 Å². The van der Waals surface area contributed by atoms with Gasteiger partial charge in [0, 0.05) is 18.6 Å². The molecule has 3 nitrogen and oxygen atoms in total. The maximum Gasteiger partial charge on any atom is 0.118 e. The van der Waals surface area contributed by atoms with E-state index in [0.717, 1.165) is 18.3 Å². The minimum Gasteiger partial charge on any atom is -0.497 e. The van der Waals surface area contributed by atoms with Gasteiger partial charge in [0.05, 0.1) is 7.11 Å². The summed E-state index contributed by atoms with van der Waals surface area (Å²) in [4.78, 5) is 2.43. The molecule has 0 radical (unpaired) electrons. The lowest BCUT2D eigenvalue weighted by Crippen LogP contribution is -2.29. The van der Waals surface area contributed by atoms with Crippen LogP contribution < -0.4 is 10.1 Å². The van der Waals surface area contributed by atoms with E-state index in [9.17, 15) is 0 Å². The first kappa shape index (κ1) is 15.3. The zero-order valence-corrected chi connectivity index (χ0v) is 13.1. The summed E-state index contributed by atoms with van der Waals surface area (Å²) in [7, 11) is 3.92. The van der Waals surface area contributed by atoms with Crippen molar-refractivity contribution < 1.29 is 4.74 Å². The summed E-state index contributed by atoms with van der Waals surface area (Å²) < 4.78 is 5.19. The zero-order chi connectivity index (χ0) is 14.4. The number of hydrogen-bond donors (Lipinski definition) is 1. The van der Waals surface area contributed by atoms with Crippen molar-refractivity contribution in [3.8, 4) is 5.75 Å². The normalized spacial score (nSPS) is 16.4. The van der Waals surface area contributed by atoms with Crippen LogP contribution in [0, 0.1) is 0 Å². The van der Waals surface area contributed by atoms with Crippen LogP contribution in [0.15, 0.2) is 24.3 Å². The monoisotopic (exact) mass is 276 g/mol. The Bertz CT molecular complexity index is 386. The molecule has 0 heterocycles. The Morgan fingerprint density at radius 1 is 1.30 bits per heavy atom. The maximum atomic E-state index is 5.19. The first-order valence-electron chi connectivity index (χ1n) is 7.75. The third kappa shape index (κ3) is 5.14. The lowest BCUT2D eigenvalue weighted by Gasteiger charge is -2.25. The van der Waals surface area contributed by atoms with Gasteiger partial charge < -0.3 is 10.1 Å². The van der Waals surface area contributed by atoms with Crippen molar-refractivity contribution in [2.24, 2.45) is 0 Å². The highest BCUT2D eigenvalue weighted by Gasteiger charge is 2.19. The van der Waals surface area contributed by atoms with Crippen molar-refractivity contribution >= 4 is 0 Å². The van der Waals surface area contributed by atoms with Crippen LogP contribution in [0.2, 0.25) is 0 Å². The number of rotatable bonds is 9. The van der Waals surface area contributed by atoms with E-state index in [0.29, 0.717) is 6.04 Å². The lowest BCUT2D eigenvalue weighted by atomic mass is 10.1. The van der Waals surface area contributed by atoms with Crippen LogP contribution in [-0.4, -0.2) is 37.7 Å². The predicted molar refractivity (Wildman–Crippen MR) is 84.2 cm³/mol. The zero-order valence-electron chi connectivity index (χ0n) is 13.1. The molecule has 1 atom stereocenters. The Kier molecular flexibility index (Phi) is 5.86. The largest absolute Gasteiger partial charge is 0.497 e. The van der Waals surface area contributed by atoms with E-state index in [1.807, 2.05) is 12.1 Å². The predicted octanol–water partition coefficient (Wildman–Crippen LogP) is 3.05. The minimum atomic E-state index is 0.623. The summed E-state index contributed by atoms with van der Waals surface area (Å²) in [6.45, 7) is 4.49. The molecule has 0 aliphatic heterocycles. The Balaban J connectivity index is 1.67. The van der Waals surface area contributed by atoms with Gasteiger partial charge in [-0.15, -0.1) is 0 Å². The Hall–Kier alpha value is -1.06. The van der Waals surface area contributed by atoms with Gasteiger partial charge in [-0.3, -0.25) is 4.90 Å². The topological polar surface area (TPSA) is 24.5 Å². The second kappa shape index (κ2) is 7.65. The van der Waals surface area contributed by atoms with E-state index in [-0.39, 0.29) is 0 Å². The molecule has 0 aromatic heterocycles. The molecule has 2 rings (SSSR count). The Morgan fingerprint density at radius 2 is 2.00 bits per heavy atom. The maximum absolute atomic E-state index is 5.19. The molecule has 0 amide bonds. The average molecular weight is 276 g/mol. The molecule has 1 aromatic rings. The SMILES string of the molecule is COc1ccc(CN(C)C(C)CCCNC2CC2)cc1. The summed E-state index contributed by atoms with van der Waals surface area (Å²) >= 11 is 0. The molecule has 1 N–H and O–H groups in total. The van der Waals surface area contributed by atoms with Gasteiger partial charge in [0.1, 0.15) is 5.75 Å². The van der Waals surface area contributed by atoms with Crippen LogP contribution in [0.5, 0.6) is 5.75 Å². The van der Waals surface area contributed by atoms with Gasteiger partial charge in [0.2, 0.25) is 0 Å². The summed E-state index contributed by atoms with van der Waals surface area (Å²) in [5.41, 5.74) is 1.34. The van der Waals surface area contributed by atoms with Crippen LogP contribution in [0.1, 0.15) is 38.2 Å². The van der Waals surface area contributed by atoms with E-state index in [2.05, 4.69) is 36.3 Å². The molecular formula is C17H28N2O. The van der Waals surface area contributed by atoms with Crippen LogP contribution >= 0.6 is 0 Å². The Labute approximate surface area is 123 Å². The molecule has 1 aliphatic carbocycles. The fraction of sp³-hybridized carbons (Fsp3) is 0.647. The molecule has 1 saturated carbocycles. The van der Waals surface area contributed by atoms with Crippen LogP contribution in [0.4, 0.5) is 0 Å². The second-order valence-corrected chi connectivity index (χ2v) is 5.98. The van der Waals surface area contributed by atoms with E-state index in [4.69, 9.17) is 4.74 Å². The molecule has 1 unspecified atom stereocenters. The van der Waals surface area contributed by atoms with Crippen molar-refractivity contribution in [2.75, 3.05) is 20.7 Å². The fourth-order valence-corrected chi connectivity index (χ4v) is 2.39.